The standard InChI is InChI=1S/C6H8O8.Sb/c7-1(3(9)5(11)12)2(8)4(10)6(13)14;/h1-4,7,9H,(H,11,12)(H,13,14);/q-2;+2. The van der Waals surface area contributed by atoms with Gasteiger partial charge in [-0.05, 0) is 0 Å². The van der Waals surface area contributed by atoms with Gasteiger partial charge in [-0.2, -0.15) is 0 Å². The predicted octanol–water partition coefficient (Wildman–Crippen LogP) is -2.80. The van der Waals surface area contributed by atoms with Gasteiger partial charge in [0.15, 0.2) is 0 Å². The number of hydrogen-bond acceptors (Lipinski definition) is 6. The Balaban J connectivity index is 2.70. The van der Waals surface area contributed by atoms with Gasteiger partial charge in [-0.15, -0.1) is 0 Å². The zero-order valence-electron chi connectivity index (χ0n) is 7.18. The molecule has 1 heterocycles. The molecule has 85 valence electrons. The van der Waals surface area contributed by atoms with Crippen LogP contribution in [0.3, 0.4) is 0 Å². The first-order valence-corrected chi connectivity index (χ1v) is 5.87. The molecule has 0 aliphatic carbocycles. The van der Waals surface area contributed by atoms with Crippen LogP contribution in [0.25, 0.3) is 0 Å². The fraction of sp³-hybridized carbons (Fsp3) is 0.667. The Hall–Kier alpha value is -0.402. The van der Waals surface area contributed by atoms with Crippen molar-refractivity contribution < 1.29 is 36.0 Å². The Kier molecular flexibility index (Phi) is 4.30. The molecule has 0 spiro atoms. The van der Waals surface area contributed by atoms with E-state index < -0.39 is 58.8 Å². The monoisotopic (exact) mass is 329 g/mol. The molecule has 4 unspecified atom stereocenters. The summed E-state index contributed by atoms with van der Waals surface area (Å²) in [7, 11) is 0. The van der Waals surface area contributed by atoms with Crippen molar-refractivity contribution in [1.29, 1.82) is 0 Å². The fourth-order valence-electron chi connectivity index (χ4n) is 0.989. The van der Waals surface area contributed by atoms with Crippen molar-refractivity contribution in [2.24, 2.45) is 0 Å². The van der Waals surface area contributed by atoms with Crippen LogP contribution in [-0.2, 0) is 15.6 Å². The molecule has 9 heteroatoms. The Morgan fingerprint density at radius 2 is 1.80 bits per heavy atom. The van der Waals surface area contributed by atoms with Gasteiger partial charge in [-0.3, -0.25) is 0 Å². The van der Waals surface area contributed by atoms with E-state index in [1.807, 2.05) is 0 Å². The quantitative estimate of drug-likeness (QED) is 0.406. The van der Waals surface area contributed by atoms with E-state index in [1.165, 1.54) is 0 Å². The summed E-state index contributed by atoms with van der Waals surface area (Å²) in [6, 6.07) is 0. The van der Waals surface area contributed by atoms with E-state index in [0.29, 0.717) is 0 Å². The molecule has 4 atom stereocenters. The van der Waals surface area contributed by atoms with Gasteiger partial charge in [0, 0.05) is 0 Å². The van der Waals surface area contributed by atoms with Crippen LogP contribution in [0.5, 0.6) is 0 Å². The van der Waals surface area contributed by atoms with Crippen molar-refractivity contribution in [3.05, 3.63) is 0 Å². The topological polar surface area (TPSA) is 134 Å². The van der Waals surface area contributed by atoms with Crippen molar-refractivity contribution in [2.75, 3.05) is 0 Å². The molecule has 1 fully saturated rings. The van der Waals surface area contributed by atoms with E-state index in [-0.39, 0.29) is 0 Å². The number of carbonyl (C=O) groups is 2. The van der Waals surface area contributed by atoms with E-state index in [1.54, 1.807) is 0 Å². The van der Waals surface area contributed by atoms with E-state index in [4.69, 9.17) is 21.4 Å². The third kappa shape index (κ3) is 2.79. The molecule has 0 aromatic heterocycles. The first kappa shape index (κ1) is 12.7. The first-order valence-electron chi connectivity index (χ1n) is 3.79. The van der Waals surface area contributed by atoms with Gasteiger partial charge in [-0.25, -0.2) is 0 Å². The molecule has 0 aromatic carbocycles. The summed E-state index contributed by atoms with van der Waals surface area (Å²) in [5, 5.41) is 35.4. The average molecular weight is 330 g/mol. The normalized spacial score (nSPS) is 29.7. The third-order valence-corrected chi connectivity index (χ3v) is 3.61. The Labute approximate surface area is 95.1 Å². The summed E-state index contributed by atoms with van der Waals surface area (Å²) < 4.78 is 9.58. The summed E-state index contributed by atoms with van der Waals surface area (Å²) in [5.41, 5.74) is 0. The summed E-state index contributed by atoms with van der Waals surface area (Å²) in [4.78, 5) is 20.9. The number of rotatable bonds is 4. The first-order chi connectivity index (χ1) is 6.95. The van der Waals surface area contributed by atoms with Crippen LogP contribution in [0.15, 0.2) is 0 Å². The van der Waals surface area contributed by atoms with Crippen LogP contribution in [-0.4, -0.2) is 79.2 Å². The number of aliphatic hydroxyl groups excluding tert-OH is 2. The minimum atomic E-state index is -2.09. The Morgan fingerprint density at radius 3 is 2.27 bits per heavy atom. The molecule has 0 saturated carbocycles. The fourth-order valence-corrected chi connectivity index (χ4v) is 2.95. The maximum absolute atomic E-state index is 10.6. The van der Waals surface area contributed by atoms with Crippen LogP contribution in [0.2, 0.25) is 0 Å². The summed E-state index contributed by atoms with van der Waals surface area (Å²) in [6.45, 7) is 0. The molecule has 1 aliphatic rings. The zero-order chi connectivity index (χ0) is 11.6. The molecule has 0 aromatic rings. The molecule has 1 aliphatic heterocycles. The van der Waals surface area contributed by atoms with Crippen LogP contribution in [0.1, 0.15) is 0 Å². The van der Waals surface area contributed by atoms with E-state index in [2.05, 4.69) is 0 Å². The van der Waals surface area contributed by atoms with Crippen molar-refractivity contribution in [2.45, 2.75) is 24.4 Å². The third-order valence-electron chi connectivity index (χ3n) is 1.78. The number of aliphatic carboxylic acids is 2. The molecular weight excluding hydrogens is 322 g/mol. The minimum absolute atomic E-state index is 1.33. The van der Waals surface area contributed by atoms with E-state index in [0.717, 1.165) is 0 Å². The average Bonchev–Trinajstić information content (AvgIpc) is 2.63. The van der Waals surface area contributed by atoms with Crippen LogP contribution in [0, 0.1) is 0 Å². The molecule has 0 bridgehead atoms. The van der Waals surface area contributed by atoms with Gasteiger partial charge in [0.25, 0.3) is 0 Å². The molecule has 1 radical (unpaired) electrons. The second-order valence-electron chi connectivity index (χ2n) is 2.78. The SMILES string of the molecule is O=C(O)C(O)C(O)C1[O][Sb][O]C1C(=O)O. The Bertz CT molecular complexity index is 268. The molecule has 1 saturated heterocycles. The van der Waals surface area contributed by atoms with Gasteiger partial charge < -0.3 is 0 Å². The zero-order valence-corrected chi connectivity index (χ0v) is 9.73. The van der Waals surface area contributed by atoms with Crippen LogP contribution < -0.4 is 0 Å². The van der Waals surface area contributed by atoms with Gasteiger partial charge in [0.05, 0.1) is 0 Å². The number of hydrogen-bond donors (Lipinski definition) is 4. The number of aliphatic hydroxyl groups is 2. The second-order valence-corrected chi connectivity index (χ2v) is 4.41. The molecule has 0 amide bonds. The number of carboxylic acids is 2. The van der Waals surface area contributed by atoms with Gasteiger partial charge in [-0.1, -0.05) is 0 Å². The van der Waals surface area contributed by atoms with Gasteiger partial charge in [0.2, 0.25) is 0 Å². The number of carboxylic acid groups (broad SMARTS) is 2. The molecular formula is C6H8O8Sb. The van der Waals surface area contributed by atoms with Crippen molar-refractivity contribution >= 4 is 34.4 Å². The molecule has 4 N–H and O–H groups in total. The van der Waals surface area contributed by atoms with E-state index >= 15 is 0 Å². The van der Waals surface area contributed by atoms with Crippen molar-refractivity contribution in [1.82, 2.24) is 0 Å². The molecule has 1 rings (SSSR count). The molecule has 15 heavy (non-hydrogen) atoms. The van der Waals surface area contributed by atoms with Gasteiger partial charge in [0.1, 0.15) is 0 Å². The second kappa shape index (κ2) is 5.09. The Morgan fingerprint density at radius 1 is 1.20 bits per heavy atom. The van der Waals surface area contributed by atoms with Crippen molar-refractivity contribution in [3.63, 3.8) is 0 Å². The van der Waals surface area contributed by atoms with E-state index in [9.17, 15) is 14.7 Å². The summed E-state index contributed by atoms with van der Waals surface area (Å²) >= 11 is -1.63. The maximum atomic E-state index is 10.6. The predicted molar refractivity (Wildman–Crippen MR) is 42.8 cm³/mol. The molecule has 8 nitrogen and oxygen atoms in total. The van der Waals surface area contributed by atoms with Crippen molar-refractivity contribution in [3.8, 4) is 0 Å². The summed E-state index contributed by atoms with van der Waals surface area (Å²) in [6.07, 6.45) is -6.65. The van der Waals surface area contributed by atoms with Crippen LogP contribution >= 0.6 is 0 Å². The summed E-state index contributed by atoms with van der Waals surface area (Å²) in [5.74, 6) is -3.00. The van der Waals surface area contributed by atoms with Gasteiger partial charge >= 0.3 is 94.9 Å². The van der Waals surface area contributed by atoms with Crippen LogP contribution in [0.4, 0.5) is 0 Å².